The molecule has 30 heavy (non-hydrogen) atoms. The molecule has 8 heteroatoms. The molecule has 0 unspecified atom stereocenters. The van der Waals surface area contributed by atoms with Crippen LogP contribution in [0, 0.1) is 13.8 Å². The molecule has 0 aliphatic rings. The molecule has 0 saturated heterocycles. The molecule has 0 fully saturated rings. The number of aryl methyl sites for hydroxylation is 2. The van der Waals surface area contributed by atoms with E-state index in [4.69, 9.17) is 11.6 Å². The molecule has 1 heterocycles. The predicted octanol–water partition coefficient (Wildman–Crippen LogP) is 4.89. The van der Waals surface area contributed by atoms with Crippen molar-refractivity contribution < 1.29 is 4.79 Å². The van der Waals surface area contributed by atoms with Crippen LogP contribution in [0.25, 0.3) is 0 Å². The number of rotatable bonds is 5. The van der Waals surface area contributed by atoms with E-state index in [1.54, 1.807) is 24.3 Å². The van der Waals surface area contributed by atoms with Crippen LogP contribution in [-0.2, 0) is 13.5 Å². The molecule has 2 N–H and O–H groups in total. The van der Waals surface area contributed by atoms with Gasteiger partial charge in [0.1, 0.15) is 0 Å². The van der Waals surface area contributed by atoms with Crippen molar-refractivity contribution in [3.8, 4) is 0 Å². The Labute approximate surface area is 189 Å². The van der Waals surface area contributed by atoms with Crippen molar-refractivity contribution in [3.63, 3.8) is 0 Å². The zero-order valence-electron chi connectivity index (χ0n) is 17.0. The number of amides is 1. The third-order valence-corrected chi connectivity index (χ3v) is 5.43. The summed E-state index contributed by atoms with van der Waals surface area (Å²) in [5, 5.41) is 11.0. The normalized spacial score (nSPS) is 11.4. The van der Waals surface area contributed by atoms with Crippen LogP contribution in [0.3, 0.4) is 0 Å². The van der Waals surface area contributed by atoms with Gasteiger partial charge in [-0.3, -0.25) is 19.8 Å². The van der Waals surface area contributed by atoms with Crippen LogP contribution in [0.5, 0.6) is 0 Å². The number of hydrogen-bond acceptors (Lipinski definition) is 3. The minimum Gasteiger partial charge on any atom is -0.326 e. The number of aromatic nitrogens is 2. The van der Waals surface area contributed by atoms with E-state index in [9.17, 15) is 4.79 Å². The summed E-state index contributed by atoms with van der Waals surface area (Å²) in [4.78, 5) is 17.3. The Morgan fingerprint density at radius 2 is 1.97 bits per heavy atom. The highest BCUT2D eigenvalue weighted by Crippen LogP contribution is 2.16. The minimum absolute atomic E-state index is 0.285. The van der Waals surface area contributed by atoms with Crippen LogP contribution in [-0.4, -0.2) is 28.2 Å². The fourth-order valence-electron chi connectivity index (χ4n) is 3.08. The van der Waals surface area contributed by atoms with Crippen LogP contribution in [0.4, 0.5) is 5.69 Å². The first-order valence-electron chi connectivity index (χ1n) is 9.46. The molecule has 6 nitrogen and oxygen atoms in total. The number of nitrogens with one attached hydrogen (secondary N) is 2. The summed E-state index contributed by atoms with van der Waals surface area (Å²) in [6, 6.07) is 14.5. The number of benzene rings is 2. The molecular formula is C22H23BrClN5O. The van der Waals surface area contributed by atoms with E-state index in [0.29, 0.717) is 23.1 Å². The van der Waals surface area contributed by atoms with Gasteiger partial charge in [-0.2, -0.15) is 5.10 Å². The molecule has 0 spiro atoms. The van der Waals surface area contributed by atoms with E-state index < -0.39 is 0 Å². The standard InChI is InChI=1S/C22H23BrClN5O/c1-14-20(15(2)29(3)28-14)10-11-25-22(26-19-9-5-7-17(23)13-19)27-21(30)16-6-4-8-18(24)12-16/h4-9,12-13H,10-11H2,1-3H3,(H2,25,26,27,30). The number of guanidine groups is 1. The monoisotopic (exact) mass is 487 g/mol. The van der Waals surface area contributed by atoms with Gasteiger partial charge in [-0.25, -0.2) is 0 Å². The predicted molar refractivity (Wildman–Crippen MR) is 125 cm³/mol. The fourth-order valence-corrected chi connectivity index (χ4v) is 3.67. The fraction of sp³-hybridized carbons (Fsp3) is 0.227. The molecule has 2 aromatic carbocycles. The maximum atomic E-state index is 12.7. The Morgan fingerprint density at radius 1 is 1.20 bits per heavy atom. The second-order valence-corrected chi connectivity index (χ2v) is 8.21. The Bertz CT molecular complexity index is 1090. The van der Waals surface area contributed by atoms with Gasteiger partial charge in [0, 0.05) is 40.0 Å². The maximum Gasteiger partial charge on any atom is 0.258 e. The number of hydrogen-bond donors (Lipinski definition) is 2. The zero-order valence-corrected chi connectivity index (χ0v) is 19.4. The average Bonchev–Trinajstić information content (AvgIpc) is 2.94. The molecule has 1 aromatic heterocycles. The van der Waals surface area contributed by atoms with E-state index in [1.165, 1.54) is 5.56 Å². The molecule has 1 amide bonds. The van der Waals surface area contributed by atoms with Crippen LogP contribution in [0.2, 0.25) is 5.02 Å². The highest BCUT2D eigenvalue weighted by atomic mass is 79.9. The lowest BCUT2D eigenvalue weighted by Gasteiger charge is -2.12. The Kier molecular flexibility index (Phi) is 7.29. The topological polar surface area (TPSA) is 71.3 Å². The summed E-state index contributed by atoms with van der Waals surface area (Å²) in [7, 11) is 1.93. The quantitative estimate of drug-likeness (QED) is 0.397. The number of halogens is 2. The molecule has 0 radical (unpaired) electrons. The van der Waals surface area contributed by atoms with E-state index in [-0.39, 0.29) is 5.91 Å². The van der Waals surface area contributed by atoms with Gasteiger partial charge in [-0.15, -0.1) is 0 Å². The molecule has 0 atom stereocenters. The number of aliphatic imine (C=N–C) groups is 1. The molecule has 156 valence electrons. The van der Waals surface area contributed by atoms with Crippen molar-refractivity contribution in [3.05, 3.63) is 80.5 Å². The Hall–Kier alpha value is -2.64. The first kappa shape index (κ1) is 22.1. The van der Waals surface area contributed by atoms with Gasteiger partial charge >= 0.3 is 0 Å². The van der Waals surface area contributed by atoms with Gasteiger partial charge in [0.25, 0.3) is 5.91 Å². The summed E-state index contributed by atoms with van der Waals surface area (Å²) in [6.45, 7) is 4.54. The molecule has 3 rings (SSSR count). The molecule has 0 bridgehead atoms. The largest absolute Gasteiger partial charge is 0.326 e. The summed E-state index contributed by atoms with van der Waals surface area (Å²) in [5.74, 6) is 0.0877. The van der Waals surface area contributed by atoms with Crippen molar-refractivity contribution in [2.24, 2.45) is 12.0 Å². The van der Waals surface area contributed by atoms with Gasteiger partial charge in [-0.1, -0.05) is 39.7 Å². The Balaban J connectivity index is 1.79. The summed E-state index contributed by atoms with van der Waals surface area (Å²) >= 11 is 9.47. The molecule has 0 aliphatic carbocycles. The third-order valence-electron chi connectivity index (χ3n) is 4.70. The number of carbonyl (C=O) groups excluding carboxylic acids is 1. The Morgan fingerprint density at radius 3 is 2.63 bits per heavy atom. The van der Waals surface area contributed by atoms with Gasteiger partial charge < -0.3 is 5.32 Å². The molecule has 3 aromatic rings. The van der Waals surface area contributed by atoms with Gasteiger partial charge in [0.05, 0.1) is 5.69 Å². The summed E-state index contributed by atoms with van der Waals surface area (Å²) < 4.78 is 2.80. The second-order valence-electron chi connectivity index (χ2n) is 6.85. The lowest BCUT2D eigenvalue weighted by Crippen LogP contribution is -2.36. The van der Waals surface area contributed by atoms with Crippen molar-refractivity contribution in [2.75, 3.05) is 11.9 Å². The van der Waals surface area contributed by atoms with Crippen LogP contribution < -0.4 is 10.6 Å². The molecule has 0 saturated carbocycles. The maximum absolute atomic E-state index is 12.7. The SMILES string of the molecule is Cc1nn(C)c(C)c1CCN=C(NC(=O)c1cccc(Cl)c1)Nc1cccc(Br)c1. The van der Waals surface area contributed by atoms with E-state index in [1.807, 2.05) is 49.8 Å². The van der Waals surface area contributed by atoms with Crippen molar-refractivity contribution in [2.45, 2.75) is 20.3 Å². The van der Waals surface area contributed by atoms with Crippen molar-refractivity contribution >= 4 is 45.1 Å². The minimum atomic E-state index is -0.285. The molecule has 0 aliphatic heterocycles. The van der Waals surface area contributed by atoms with E-state index >= 15 is 0 Å². The summed E-state index contributed by atoms with van der Waals surface area (Å²) in [6.07, 6.45) is 0.724. The smallest absolute Gasteiger partial charge is 0.258 e. The van der Waals surface area contributed by atoms with Crippen molar-refractivity contribution in [1.29, 1.82) is 0 Å². The van der Waals surface area contributed by atoms with Crippen LogP contribution in [0.15, 0.2) is 58.0 Å². The first-order chi connectivity index (χ1) is 14.3. The number of anilines is 1. The first-order valence-corrected chi connectivity index (χ1v) is 10.6. The van der Waals surface area contributed by atoms with Gasteiger partial charge in [-0.05, 0) is 62.2 Å². The molecular weight excluding hydrogens is 466 g/mol. The average molecular weight is 489 g/mol. The second kappa shape index (κ2) is 9.91. The lowest BCUT2D eigenvalue weighted by atomic mass is 10.1. The highest BCUT2D eigenvalue weighted by molar-refractivity contribution is 9.10. The van der Waals surface area contributed by atoms with Crippen LogP contribution in [0.1, 0.15) is 27.3 Å². The van der Waals surface area contributed by atoms with Gasteiger partial charge in [0.2, 0.25) is 5.96 Å². The van der Waals surface area contributed by atoms with E-state index in [2.05, 4.69) is 36.7 Å². The zero-order chi connectivity index (χ0) is 21.7. The highest BCUT2D eigenvalue weighted by Gasteiger charge is 2.12. The third kappa shape index (κ3) is 5.70. The summed E-state index contributed by atoms with van der Waals surface area (Å²) in [5.41, 5.74) is 4.56. The number of carbonyl (C=O) groups is 1. The van der Waals surface area contributed by atoms with Gasteiger partial charge in [0.15, 0.2) is 0 Å². The van der Waals surface area contributed by atoms with Crippen molar-refractivity contribution in [1.82, 2.24) is 15.1 Å². The van der Waals surface area contributed by atoms with Crippen LogP contribution >= 0.6 is 27.5 Å². The van der Waals surface area contributed by atoms with E-state index in [0.717, 1.165) is 28.0 Å². The lowest BCUT2D eigenvalue weighted by molar-refractivity contribution is 0.0977. The number of nitrogens with zero attached hydrogens (tertiary/aromatic N) is 3.